The van der Waals surface area contributed by atoms with E-state index in [-0.39, 0.29) is 11.9 Å². The molecule has 3 aromatic rings. The van der Waals surface area contributed by atoms with Crippen molar-refractivity contribution in [3.05, 3.63) is 72.2 Å². The Labute approximate surface area is 163 Å². The third-order valence-electron chi connectivity index (χ3n) is 4.76. The fraction of sp³-hybridized carbons (Fsp3) is 0.238. The van der Waals surface area contributed by atoms with Crippen LogP contribution in [-0.4, -0.2) is 32.3 Å². The number of anilines is 2. The van der Waals surface area contributed by atoms with Crippen molar-refractivity contribution in [3.8, 4) is 0 Å². The third-order valence-corrected chi connectivity index (χ3v) is 4.76. The van der Waals surface area contributed by atoms with Crippen LogP contribution in [0.15, 0.2) is 59.6 Å². The molecule has 28 heavy (non-hydrogen) atoms. The minimum Gasteiger partial charge on any atom is -0.465 e. The molecule has 1 aliphatic heterocycles. The average molecular weight is 375 g/mol. The van der Waals surface area contributed by atoms with Crippen LogP contribution in [0.4, 0.5) is 11.6 Å². The lowest BCUT2D eigenvalue weighted by atomic mass is 10.1. The van der Waals surface area contributed by atoms with E-state index in [1.165, 1.54) is 0 Å². The van der Waals surface area contributed by atoms with Gasteiger partial charge >= 0.3 is 0 Å². The molecule has 1 atom stereocenters. The number of rotatable bonds is 5. The lowest BCUT2D eigenvalue weighted by Crippen LogP contribution is -2.30. The zero-order chi connectivity index (χ0) is 19.3. The molecule has 0 radical (unpaired) electrons. The smallest absolute Gasteiger partial charge is 0.247 e. The van der Waals surface area contributed by atoms with Gasteiger partial charge in [-0.25, -0.2) is 9.97 Å². The quantitative estimate of drug-likeness (QED) is 0.681. The number of amides is 1. The fourth-order valence-corrected chi connectivity index (χ4v) is 3.37. The maximum absolute atomic E-state index is 12.8. The predicted molar refractivity (Wildman–Crippen MR) is 106 cm³/mol. The summed E-state index contributed by atoms with van der Waals surface area (Å²) >= 11 is 0. The second kappa shape index (κ2) is 8.04. The van der Waals surface area contributed by atoms with Crippen LogP contribution >= 0.6 is 0 Å². The molecule has 0 aliphatic carbocycles. The van der Waals surface area contributed by atoms with Crippen LogP contribution in [0.3, 0.4) is 0 Å². The second-order valence-electron chi connectivity index (χ2n) is 6.62. The molecule has 7 nitrogen and oxygen atoms in total. The first kappa shape index (κ1) is 17.9. The zero-order valence-corrected chi connectivity index (χ0v) is 15.6. The molecule has 1 fully saturated rings. The molecule has 3 aromatic heterocycles. The summed E-state index contributed by atoms with van der Waals surface area (Å²) in [5.41, 5.74) is 1.77. The third kappa shape index (κ3) is 3.78. The largest absolute Gasteiger partial charge is 0.465 e. The molecule has 1 aliphatic rings. The number of carbonyl (C=O) groups is 1. The van der Waals surface area contributed by atoms with E-state index in [0.717, 1.165) is 29.9 Å². The van der Waals surface area contributed by atoms with E-state index in [1.54, 1.807) is 43.1 Å². The van der Waals surface area contributed by atoms with Crippen LogP contribution < -0.4 is 5.32 Å². The minimum absolute atomic E-state index is 0.0653. The number of pyridine rings is 1. The van der Waals surface area contributed by atoms with Crippen LogP contribution in [0.5, 0.6) is 0 Å². The summed E-state index contributed by atoms with van der Waals surface area (Å²) in [4.78, 5) is 28.0. The van der Waals surface area contributed by atoms with Gasteiger partial charge in [-0.3, -0.25) is 9.78 Å². The van der Waals surface area contributed by atoms with Crippen LogP contribution in [0.2, 0.25) is 0 Å². The van der Waals surface area contributed by atoms with E-state index in [0.29, 0.717) is 18.1 Å². The van der Waals surface area contributed by atoms with Gasteiger partial charge in [0.2, 0.25) is 5.91 Å². The van der Waals surface area contributed by atoms with E-state index in [2.05, 4.69) is 20.3 Å². The van der Waals surface area contributed by atoms with Gasteiger partial charge in [-0.05, 0) is 49.6 Å². The van der Waals surface area contributed by atoms with Gasteiger partial charge in [0.05, 0.1) is 12.3 Å². The summed E-state index contributed by atoms with van der Waals surface area (Å²) in [7, 11) is 0. The highest BCUT2D eigenvalue weighted by atomic mass is 16.3. The lowest BCUT2D eigenvalue weighted by molar-refractivity contribution is -0.126. The average Bonchev–Trinajstić information content (AvgIpc) is 3.40. The van der Waals surface area contributed by atoms with E-state index in [4.69, 9.17) is 4.42 Å². The van der Waals surface area contributed by atoms with E-state index in [1.807, 2.05) is 30.0 Å². The second-order valence-corrected chi connectivity index (χ2v) is 6.62. The zero-order valence-electron chi connectivity index (χ0n) is 15.6. The first-order valence-electron chi connectivity index (χ1n) is 9.24. The Morgan fingerprint density at radius 3 is 2.86 bits per heavy atom. The normalized spacial score (nSPS) is 16.6. The number of hydrogen-bond acceptors (Lipinski definition) is 6. The highest BCUT2D eigenvalue weighted by Crippen LogP contribution is 2.35. The van der Waals surface area contributed by atoms with Crippen molar-refractivity contribution in [3.63, 3.8) is 0 Å². The molecule has 0 saturated carbocycles. The summed E-state index contributed by atoms with van der Waals surface area (Å²) in [6.07, 6.45) is 11.6. The van der Waals surface area contributed by atoms with Gasteiger partial charge in [0.15, 0.2) is 5.82 Å². The SMILES string of the molecule is Cc1cccnc1Nc1nccnc1[C@H]1CCCN1C(=O)/C=C/c1ccco1. The van der Waals surface area contributed by atoms with E-state index < -0.39 is 0 Å². The molecule has 1 saturated heterocycles. The Morgan fingerprint density at radius 2 is 2.04 bits per heavy atom. The summed E-state index contributed by atoms with van der Waals surface area (Å²) in [6.45, 7) is 2.67. The molecule has 0 bridgehead atoms. The number of hydrogen-bond donors (Lipinski definition) is 1. The van der Waals surface area contributed by atoms with Gasteiger partial charge in [0.25, 0.3) is 0 Å². The summed E-state index contributed by atoms with van der Waals surface area (Å²) < 4.78 is 5.26. The molecule has 1 N–H and O–H groups in total. The molecule has 142 valence electrons. The Morgan fingerprint density at radius 1 is 1.18 bits per heavy atom. The van der Waals surface area contributed by atoms with Crippen molar-refractivity contribution in [1.29, 1.82) is 0 Å². The maximum Gasteiger partial charge on any atom is 0.247 e. The molecule has 0 aromatic carbocycles. The number of carbonyl (C=O) groups excluding carboxylic acids is 1. The standard InChI is InChI=1S/C21H21N5O2/c1-15-5-2-10-23-20(15)25-21-19(22-11-12-24-21)17-7-3-13-26(17)18(27)9-8-16-6-4-14-28-16/h2,4-6,8-12,14,17H,3,7,13H2,1H3,(H,23,24,25)/b9-8+/t17-/m1/s1. The van der Waals surface area contributed by atoms with Crippen LogP contribution in [0.25, 0.3) is 6.08 Å². The Bertz CT molecular complexity index is 984. The van der Waals surface area contributed by atoms with Crippen LogP contribution in [0, 0.1) is 6.92 Å². The summed E-state index contributed by atoms with van der Waals surface area (Å²) in [6, 6.07) is 7.34. The number of likely N-dealkylation sites (tertiary alicyclic amines) is 1. The first-order chi connectivity index (χ1) is 13.7. The fourth-order valence-electron chi connectivity index (χ4n) is 3.37. The van der Waals surface area contributed by atoms with Crippen molar-refractivity contribution in [1.82, 2.24) is 19.9 Å². The van der Waals surface area contributed by atoms with Gasteiger partial charge in [-0.2, -0.15) is 0 Å². The Hall–Kier alpha value is -3.48. The van der Waals surface area contributed by atoms with Gasteiger partial charge in [0.1, 0.15) is 17.3 Å². The summed E-state index contributed by atoms with van der Waals surface area (Å²) in [5.74, 6) is 1.95. The van der Waals surface area contributed by atoms with Gasteiger partial charge < -0.3 is 14.6 Å². The maximum atomic E-state index is 12.8. The number of aryl methyl sites for hydroxylation is 1. The topological polar surface area (TPSA) is 84.2 Å². The molecule has 1 amide bonds. The molecule has 4 rings (SSSR count). The van der Waals surface area contributed by atoms with Crippen molar-refractivity contribution < 1.29 is 9.21 Å². The van der Waals surface area contributed by atoms with E-state index in [9.17, 15) is 4.79 Å². The minimum atomic E-state index is -0.131. The number of nitrogens with one attached hydrogen (secondary N) is 1. The number of aromatic nitrogens is 3. The number of furan rings is 1. The molecular weight excluding hydrogens is 354 g/mol. The Kier molecular flexibility index (Phi) is 5.14. The van der Waals surface area contributed by atoms with Crippen molar-refractivity contribution >= 4 is 23.6 Å². The van der Waals surface area contributed by atoms with Gasteiger partial charge in [-0.1, -0.05) is 6.07 Å². The predicted octanol–water partition coefficient (Wildman–Crippen LogP) is 3.89. The molecular formula is C21H21N5O2. The van der Waals surface area contributed by atoms with Gasteiger partial charge in [0, 0.05) is 31.2 Å². The molecule has 7 heteroatoms. The highest BCUT2D eigenvalue weighted by molar-refractivity contribution is 5.92. The van der Waals surface area contributed by atoms with Crippen LogP contribution in [0.1, 0.15) is 35.9 Å². The monoisotopic (exact) mass is 375 g/mol. The molecule has 0 unspecified atom stereocenters. The molecule has 0 spiro atoms. The highest BCUT2D eigenvalue weighted by Gasteiger charge is 2.32. The lowest BCUT2D eigenvalue weighted by Gasteiger charge is -2.24. The molecule has 4 heterocycles. The Balaban J connectivity index is 1.58. The van der Waals surface area contributed by atoms with E-state index >= 15 is 0 Å². The van der Waals surface area contributed by atoms with Crippen molar-refractivity contribution in [2.75, 3.05) is 11.9 Å². The van der Waals surface area contributed by atoms with Gasteiger partial charge in [-0.15, -0.1) is 0 Å². The summed E-state index contributed by atoms with van der Waals surface area (Å²) in [5, 5.41) is 3.28. The van der Waals surface area contributed by atoms with Crippen LogP contribution in [-0.2, 0) is 4.79 Å². The van der Waals surface area contributed by atoms with Crippen molar-refractivity contribution in [2.45, 2.75) is 25.8 Å². The van der Waals surface area contributed by atoms with Crippen molar-refractivity contribution in [2.24, 2.45) is 0 Å². The first-order valence-corrected chi connectivity index (χ1v) is 9.24. The number of nitrogens with zero attached hydrogens (tertiary/aromatic N) is 4.